The highest BCUT2D eigenvalue weighted by atomic mass is 32.2. The van der Waals surface area contributed by atoms with Crippen LogP contribution in [0.5, 0.6) is 5.75 Å². The normalized spacial score (nSPS) is 11.7. The fourth-order valence-corrected chi connectivity index (χ4v) is 2.89. The molecule has 2 nitrogen and oxygen atoms in total. The molecule has 6 heteroatoms. The lowest BCUT2D eigenvalue weighted by Crippen LogP contribution is -2.20. The third-order valence-corrected chi connectivity index (χ3v) is 4.28. The lowest BCUT2D eigenvalue weighted by Gasteiger charge is -2.21. The van der Waals surface area contributed by atoms with Gasteiger partial charge in [-0.1, -0.05) is 42.8 Å². The zero-order valence-electron chi connectivity index (χ0n) is 12.9. The number of para-hydroxylation sites is 1. The summed E-state index contributed by atoms with van der Waals surface area (Å²) in [5, 5.41) is 0. The minimum Gasteiger partial charge on any atom is -0.405 e. The molecule has 0 bridgehead atoms. The standard InChI is InChI=1S/C17H18F3NOS/c1-3-21(23-15-10-8-13(2)9-11-15)12-14-6-4-5-7-16(14)22-17(18,19)20/h4-11H,3,12H2,1-2H3. The summed E-state index contributed by atoms with van der Waals surface area (Å²) in [6.07, 6.45) is -4.68. The van der Waals surface area contributed by atoms with Gasteiger partial charge in [0.2, 0.25) is 0 Å². The predicted molar refractivity (Wildman–Crippen MR) is 86.2 cm³/mol. The van der Waals surface area contributed by atoms with Gasteiger partial charge in [0, 0.05) is 23.5 Å². The second-order valence-corrected chi connectivity index (χ2v) is 6.19. The van der Waals surface area contributed by atoms with Crippen LogP contribution in [0.2, 0.25) is 0 Å². The van der Waals surface area contributed by atoms with Crippen molar-refractivity contribution < 1.29 is 17.9 Å². The van der Waals surface area contributed by atoms with Crippen molar-refractivity contribution in [1.29, 1.82) is 0 Å². The lowest BCUT2D eigenvalue weighted by atomic mass is 10.2. The van der Waals surface area contributed by atoms with Crippen molar-refractivity contribution in [3.63, 3.8) is 0 Å². The van der Waals surface area contributed by atoms with Gasteiger partial charge in [-0.25, -0.2) is 4.31 Å². The van der Waals surface area contributed by atoms with Gasteiger partial charge in [0.05, 0.1) is 0 Å². The minimum absolute atomic E-state index is 0.150. The first-order valence-electron chi connectivity index (χ1n) is 7.20. The van der Waals surface area contributed by atoms with E-state index < -0.39 is 6.36 Å². The second kappa shape index (κ2) is 7.75. The zero-order valence-corrected chi connectivity index (χ0v) is 13.7. The Bertz CT molecular complexity index is 628. The molecule has 2 rings (SSSR count). The number of aryl methyl sites for hydroxylation is 1. The van der Waals surface area contributed by atoms with Gasteiger partial charge in [0.1, 0.15) is 5.75 Å². The van der Waals surface area contributed by atoms with Crippen LogP contribution in [0, 0.1) is 6.92 Å². The first-order valence-corrected chi connectivity index (χ1v) is 7.98. The summed E-state index contributed by atoms with van der Waals surface area (Å²) in [4.78, 5) is 1.05. The molecule has 0 aliphatic carbocycles. The average Bonchev–Trinajstić information content (AvgIpc) is 2.49. The molecule has 0 aromatic heterocycles. The maximum atomic E-state index is 12.5. The van der Waals surface area contributed by atoms with Gasteiger partial charge in [-0.3, -0.25) is 0 Å². The second-order valence-electron chi connectivity index (χ2n) is 5.02. The van der Waals surface area contributed by atoms with Crippen LogP contribution < -0.4 is 4.74 Å². The van der Waals surface area contributed by atoms with E-state index in [9.17, 15) is 13.2 Å². The summed E-state index contributed by atoms with van der Waals surface area (Å²) < 4.78 is 43.6. The van der Waals surface area contributed by atoms with E-state index in [1.54, 1.807) is 12.1 Å². The molecule has 0 atom stereocenters. The first kappa shape index (κ1) is 17.7. The molecule has 0 amide bonds. The summed E-state index contributed by atoms with van der Waals surface area (Å²) >= 11 is 1.52. The number of benzene rings is 2. The van der Waals surface area contributed by atoms with E-state index in [1.807, 2.05) is 42.4 Å². The molecule has 0 N–H and O–H groups in total. The Morgan fingerprint density at radius 3 is 2.30 bits per heavy atom. The molecule has 0 saturated carbocycles. The van der Waals surface area contributed by atoms with Gasteiger partial charge in [-0.15, -0.1) is 13.2 Å². The monoisotopic (exact) mass is 341 g/mol. The van der Waals surface area contributed by atoms with Crippen molar-refractivity contribution in [2.75, 3.05) is 6.54 Å². The highest BCUT2D eigenvalue weighted by Gasteiger charge is 2.32. The summed E-state index contributed by atoms with van der Waals surface area (Å²) in [6.45, 7) is 5.03. The molecule has 0 aliphatic rings. The molecule has 0 saturated heterocycles. The molecule has 0 heterocycles. The van der Waals surface area contributed by atoms with Crippen LogP contribution in [0.25, 0.3) is 0 Å². The number of hydrogen-bond acceptors (Lipinski definition) is 3. The fourth-order valence-electron chi connectivity index (χ4n) is 2.01. The van der Waals surface area contributed by atoms with Gasteiger partial charge in [-0.05, 0) is 37.1 Å². The molecule has 2 aromatic rings. The molecule has 2 aromatic carbocycles. The Morgan fingerprint density at radius 2 is 1.70 bits per heavy atom. The van der Waals surface area contributed by atoms with Crippen LogP contribution in [0.3, 0.4) is 0 Å². The van der Waals surface area contributed by atoms with E-state index in [-0.39, 0.29) is 5.75 Å². The van der Waals surface area contributed by atoms with Crippen molar-refractivity contribution >= 4 is 11.9 Å². The zero-order chi connectivity index (χ0) is 16.9. The number of halogens is 3. The van der Waals surface area contributed by atoms with Crippen molar-refractivity contribution in [1.82, 2.24) is 4.31 Å². The van der Waals surface area contributed by atoms with E-state index in [0.717, 1.165) is 4.90 Å². The number of hydrogen-bond donors (Lipinski definition) is 0. The summed E-state index contributed by atoms with van der Waals surface area (Å²) in [5.74, 6) is -0.150. The maximum Gasteiger partial charge on any atom is 0.573 e. The van der Waals surface area contributed by atoms with E-state index >= 15 is 0 Å². The van der Waals surface area contributed by atoms with Gasteiger partial charge < -0.3 is 4.74 Å². The van der Waals surface area contributed by atoms with E-state index in [2.05, 4.69) is 4.74 Å². The average molecular weight is 341 g/mol. The van der Waals surface area contributed by atoms with Gasteiger partial charge in [-0.2, -0.15) is 0 Å². The summed E-state index contributed by atoms with van der Waals surface area (Å²) in [7, 11) is 0. The molecular weight excluding hydrogens is 323 g/mol. The maximum absolute atomic E-state index is 12.5. The lowest BCUT2D eigenvalue weighted by molar-refractivity contribution is -0.274. The van der Waals surface area contributed by atoms with Crippen molar-refractivity contribution in [3.05, 3.63) is 59.7 Å². The molecule has 0 aliphatic heterocycles. The van der Waals surface area contributed by atoms with Crippen LogP contribution in [0.1, 0.15) is 18.1 Å². The van der Waals surface area contributed by atoms with Crippen LogP contribution >= 0.6 is 11.9 Å². The predicted octanol–water partition coefficient (Wildman–Crippen LogP) is 5.42. The molecule has 124 valence electrons. The topological polar surface area (TPSA) is 12.5 Å². The van der Waals surface area contributed by atoms with Gasteiger partial charge in [0.15, 0.2) is 0 Å². The summed E-state index contributed by atoms with van der Waals surface area (Å²) in [6, 6.07) is 14.3. The van der Waals surface area contributed by atoms with E-state index in [4.69, 9.17) is 0 Å². The quantitative estimate of drug-likeness (QED) is 0.651. The Hall–Kier alpha value is -1.66. The Labute approximate surface area is 138 Å². The number of alkyl halides is 3. The molecule has 0 radical (unpaired) electrons. The number of rotatable bonds is 6. The van der Waals surface area contributed by atoms with Crippen LogP contribution in [0.15, 0.2) is 53.4 Å². The smallest absolute Gasteiger partial charge is 0.405 e. The molecule has 0 unspecified atom stereocenters. The van der Waals surface area contributed by atoms with Crippen LogP contribution in [0.4, 0.5) is 13.2 Å². The largest absolute Gasteiger partial charge is 0.573 e. The van der Waals surface area contributed by atoms with Gasteiger partial charge in [0.25, 0.3) is 0 Å². The third kappa shape index (κ3) is 5.80. The number of ether oxygens (including phenoxy) is 1. The van der Waals surface area contributed by atoms with Crippen LogP contribution in [-0.4, -0.2) is 17.2 Å². The Balaban J connectivity index is 2.11. The van der Waals surface area contributed by atoms with Crippen molar-refractivity contribution in [3.8, 4) is 5.75 Å². The molecule has 0 fully saturated rings. The van der Waals surface area contributed by atoms with Crippen molar-refractivity contribution in [2.24, 2.45) is 0 Å². The molecular formula is C17H18F3NOS. The first-order chi connectivity index (χ1) is 10.9. The fraction of sp³-hybridized carbons (Fsp3) is 0.294. The minimum atomic E-state index is -4.68. The SMILES string of the molecule is CCN(Cc1ccccc1OC(F)(F)F)Sc1ccc(C)cc1. The van der Waals surface area contributed by atoms with Gasteiger partial charge >= 0.3 is 6.36 Å². The molecule has 23 heavy (non-hydrogen) atoms. The number of nitrogens with zero attached hydrogens (tertiary/aromatic N) is 1. The summed E-state index contributed by atoms with van der Waals surface area (Å²) in [5.41, 5.74) is 1.67. The van der Waals surface area contributed by atoms with Crippen molar-refractivity contribution in [2.45, 2.75) is 31.7 Å². The van der Waals surface area contributed by atoms with E-state index in [1.165, 1.54) is 29.6 Å². The van der Waals surface area contributed by atoms with Crippen LogP contribution in [-0.2, 0) is 6.54 Å². The highest BCUT2D eigenvalue weighted by Crippen LogP contribution is 2.30. The van der Waals surface area contributed by atoms with E-state index in [0.29, 0.717) is 18.7 Å². The Kier molecular flexibility index (Phi) is 5.96. The Morgan fingerprint density at radius 1 is 1.04 bits per heavy atom. The molecule has 0 spiro atoms. The highest BCUT2D eigenvalue weighted by molar-refractivity contribution is 7.97. The third-order valence-electron chi connectivity index (χ3n) is 3.15.